The molecule has 0 radical (unpaired) electrons. The van der Waals surface area contributed by atoms with Crippen molar-refractivity contribution in [2.75, 3.05) is 27.0 Å². The zero-order chi connectivity index (χ0) is 22.8. The highest BCUT2D eigenvalue weighted by molar-refractivity contribution is 7.07. The van der Waals surface area contributed by atoms with E-state index in [-0.39, 0.29) is 18.3 Å². The van der Waals surface area contributed by atoms with Gasteiger partial charge in [-0.3, -0.25) is 14.5 Å². The summed E-state index contributed by atoms with van der Waals surface area (Å²) >= 11 is 1.59. The van der Waals surface area contributed by atoms with Gasteiger partial charge in [0.2, 0.25) is 6.79 Å². The second kappa shape index (κ2) is 9.29. The van der Waals surface area contributed by atoms with Crippen LogP contribution in [-0.4, -0.2) is 42.4 Å². The number of nitrogens with one attached hydrogen (secondary N) is 1. The van der Waals surface area contributed by atoms with Crippen molar-refractivity contribution in [3.8, 4) is 17.2 Å². The minimum Gasteiger partial charge on any atom is -0.496 e. The van der Waals surface area contributed by atoms with Gasteiger partial charge in [0.1, 0.15) is 11.3 Å². The Hall–Kier alpha value is -3.30. The van der Waals surface area contributed by atoms with Crippen molar-refractivity contribution in [3.63, 3.8) is 0 Å². The lowest BCUT2D eigenvalue weighted by molar-refractivity contribution is 0.0945. The number of ether oxygens (including phenoxy) is 3. The molecule has 1 amide bonds. The van der Waals surface area contributed by atoms with Crippen molar-refractivity contribution in [3.05, 3.63) is 73.8 Å². The number of fused-ring (bicyclic) bond motifs is 2. The van der Waals surface area contributed by atoms with Crippen LogP contribution >= 0.6 is 11.3 Å². The monoisotopic (exact) mass is 467 g/mol. The highest BCUT2D eigenvalue weighted by Gasteiger charge is 2.26. The van der Waals surface area contributed by atoms with Gasteiger partial charge in [-0.05, 0) is 28.5 Å². The van der Waals surface area contributed by atoms with E-state index >= 15 is 0 Å². The van der Waals surface area contributed by atoms with Gasteiger partial charge in [0, 0.05) is 56.5 Å². The van der Waals surface area contributed by atoms with Gasteiger partial charge in [-0.1, -0.05) is 12.1 Å². The van der Waals surface area contributed by atoms with Crippen molar-refractivity contribution in [1.82, 2.24) is 14.8 Å². The maximum Gasteiger partial charge on any atom is 0.257 e. The zero-order valence-electron chi connectivity index (χ0n) is 18.3. The Bertz CT molecular complexity index is 1220. The number of benzene rings is 1. The van der Waals surface area contributed by atoms with E-state index in [1.807, 2.05) is 35.0 Å². The van der Waals surface area contributed by atoms with Crippen LogP contribution in [0.25, 0.3) is 0 Å². The fourth-order valence-corrected chi connectivity index (χ4v) is 5.05. The molecule has 0 spiro atoms. The van der Waals surface area contributed by atoms with Gasteiger partial charge in [0.05, 0.1) is 7.11 Å². The third kappa shape index (κ3) is 4.34. The number of thiophene rings is 1. The quantitative estimate of drug-likeness (QED) is 0.600. The zero-order valence-corrected chi connectivity index (χ0v) is 19.2. The molecule has 0 atom stereocenters. The number of methoxy groups -OCH3 is 1. The molecule has 2 aliphatic heterocycles. The normalized spacial score (nSPS) is 15.1. The minimum absolute atomic E-state index is 0.157. The number of nitrogens with zero attached hydrogens (tertiary/aromatic N) is 2. The maximum absolute atomic E-state index is 13.2. The van der Waals surface area contributed by atoms with E-state index in [0.717, 1.165) is 22.6 Å². The van der Waals surface area contributed by atoms with E-state index in [1.54, 1.807) is 15.9 Å². The van der Waals surface area contributed by atoms with Gasteiger partial charge in [0.25, 0.3) is 11.5 Å². The number of para-hydroxylation sites is 1. The second-order valence-corrected chi connectivity index (χ2v) is 8.80. The molecule has 0 saturated carbocycles. The topological polar surface area (TPSA) is 82.0 Å². The summed E-state index contributed by atoms with van der Waals surface area (Å²) in [6.45, 7) is 3.21. The standard InChI is InChI=1S/C24H25N3O5S/c1-30-20-11-21(28)27-9-8-26(13-17-3-2-4-19-23(17)32-15-31-19)7-5-18(27)22(20)24(29)25-12-16-6-10-33-14-16/h2-4,6,10-11,14H,5,7-9,12-13,15H2,1H3,(H,25,29). The average Bonchev–Trinajstić information content (AvgIpc) is 3.48. The maximum atomic E-state index is 13.2. The summed E-state index contributed by atoms with van der Waals surface area (Å²) in [6, 6.07) is 9.28. The van der Waals surface area contributed by atoms with Crippen molar-refractivity contribution in [2.24, 2.45) is 0 Å². The molecule has 1 aromatic carbocycles. The van der Waals surface area contributed by atoms with Crippen LogP contribution < -0.4 is 25.1 Å². The Morgan fingerprint density at radius 3 is 2.94 bits per heavy atom. The molecule has 9 heteroatoms. The van der Waals surface area contributed by atoms with Gasteiger partial charge in [-0.25, -0.2) is 0 Å². The molecule has 1 N–H and O–H groups in total. The first-order valence-electron chi connectivity index (χ1n) is 10.8. The predicted octanol–water partition coefficient (Wildman–Crippen LogP) is 2.64. The number of carbonyl (C=O) groups excluding carboxylic acids is 1. The van der Waals surface area contributed by atoms with Gasteiger partial charge in [-0.15, -0.1) is 0 Å². The number of hydrogen-bond acceptors (Lipinski definition) is 7. The summed E-state index contributed by atoms with van der Waals surface area (Å²) in [5, 5.41) is 6.95. The smallest absolute Gasteiger partial charge is 0.257 e. The van der Waals surface area contributed by atoms with Gasteiger partial charge in [0.15, 0.2) is 11.5 Å². The third-order valence-corrected chi connectivity index (χ3v) is 6.77. The molecule has 172 valence electrons. The number of hydrogen-bond donors (Lipinski definition) is 1. The van der Waals surface area contributed by atoms with Gasteiger partial charge in [-0.2, -0.15) is 11.3 Å². The Labute approximate surface area is 195 Å². The van der Waals surface area contributed by atoms with E-state index < -0.39 is 0 Å². The summed E-state index contributed by atoms with van der Waals surface area (Å²) in [7, 11) is 1.49. The molecule has 0 fully saturated rings. The van der Waals surface area contributed by atoms with Crippen LogP contribution in [0.2, 0.25) is 0 Å². The third-order valence-electron chi connectivity index (χ3n) is 6.04. The highest BCUT2D eigenvalue weighted by atomic mass is 32.1. The lowest BCUT2D eigenvalue weighted by atomic mass is 10.1. The molecule has 0 unspecified atom stereocenters. The van der Waals surface area contributed by atoms with E-state index in [4.69, 9.17) is 14.2 Å². The summed E-state index contributed by atoms with van der Waals surface area (Å²) in [5.41, 5.74) is 3.08. The fraction of sp³-hybridized carbons (Fsp3) is 0.333. The molecular weight excluding hydrogens is 442 g/mol. The lowest BCUT2D eigenvalue weighted by Gasteiger charge is -2.20. The van der Waals surface area contributed by atoms with Crippen LogP contribution in [0.1, 0.15) is 27.2 Å². The fourth-order valence-electron chi connectivity index (χ4n) is 4.38. The Balaban J connectivity index is 1.39. The van der Waals surface area contributed by atoms with Crippen LogP contribution in [0.15, 0.2) is 45.9 Å². The largest absolute Gasteiger partial charge is 0.496 e. The van der Waals surface area contributed by atoms with Crippen LogP contribution in [0, 0.1) is 0 Å². The number of carbonyl (C=O) groups is 1. The number of pyridine rings is 1. The first-order valence-corrected chi connectivity index (χ1v) is 11.8. The van der Waals surface area contributed by atoms with E-state index in [9.17, 15) is 9.59 Å². The van der Waals surface area contributed by atoms with Crippen LogP contribution in [-0.2, 0) is 26.1 Å². The average molecular weight is 468 g/mol. The van der Waals surface area contributed by atoms with Gasteiger partial charge < -0.3 is 24.1 Å². The molecule has 2 aliphatic rings. The van der Waals surface area contributed by atoms with E-state index in [0.29, 0.717) is 56.2 Å². The lowest BCUT2D eigenvalue weighted by Crippen LogP contribution is -2.31. The van der Waals surface area contributed by atoms with Crippen molar-refractivity contribution in [2.45, 2.75) is 26.1 Å². The molecule has 33 heavy (non-hydrogen) atoms. The summed E-state index contributed by atoms with van der Waals surface area (Å²) < 4.78 is 18.3. The highest BCUT2D eigenvalue weighted by Crippen LogP contribution is 2.36. The Morgan fingerprint density at radius 2 is 2.12 bits per heavy atom. The van der Waals surface area contributed by atoms with Crippen molar-refractivity contribution < 1.29 is 19.0 Å². The molecule has 8 nitrogen and oxygen atoms in total. The van der Waals surface area contributed by atoms with Gasteiger partial charge >= 0.3 is 0 Å². The molecule has 3 aromatic rings. The molecule has 5 rings (SSSR count). The summed E-state index contributed by atoms with van der Waals surface area (Å²) in [6.07, 6.45) is 0.556. The first-order chi connectivity index (χ1) is 16.1. The molecule has 0 saturated heterocycles. The van der Waals surface area contributed by atoms with Crippen LogP contribution in [0.4, 0.5) is 0 Å². The molecular formula is C24H25N3O5S. The molecule has 2 aromatic heterocycles. The summed E-state index contributed by atoms with van der Waals surface area (Å²) in [4.78, 5) is 28.3. The van der Waals surface area contributed by atoms with Crippen molar-refractivity contribution in [1.29, 1.82) is 0 Å². The molecule has 0 bridgehead atoms. The molecule has 4 heterocycles. The predicted molar refractivity (Wildman–Crippen MR) is 124 cm³/mol. The SMILES string of the molecule is COc1cc(=O)n2c(c1C(=O)NCc1ccsc1)CCN(Cc1cccc3c1OCO3)CC2. The second-order valence-electron chi connectivity index (χ2n) is 8.02. The minimum atomic E-state index is -0.235. The Kier molecular flexibility index (Phi) is 6.06. The van der Waals surface area contributed by atoms with Crippen molar-refractivity contribution >= 4 is 17.2 Å². The van der Waals surface area contributed by atoms with Crippen LogP contribution in [0.5, 0.6) is 17.2 Å². The first kappa shape index (κ1) is 21.5. The number of aromatic nitrogens is 1. The Morgan fingerprint density at radius 1 is 1.21 bits per heavy atom. The van der Waals surface area contributed by atoms with E-state index in [1.165, 1.54) is 13.2 Å². The number of amides is 1. The molecule has 0 aliphatic carbocycles. The van der Waals surface area contributed by atoms with Crippen LogP contribution in [0.3, 0.4) is 0 Å². The van der Waals surface area contributed by atoms with E-state index in [2.05, 4.69) is 10.2 Å². The summed E-state index contributed by atoms with van der Waals surface area (Å²) in [5.74, 6) is 1.62. The number of rotatable bonds is 6.